The number of rotatable bonds is 3. The van der Waals surface area contributed by atoms with Gasteiger partial charge in [-0.2, -0.15) is 0 Å². The summed E-state index contributed by atoms with van der Waals surface area (Å²) in [6, 6.07) is 8.29. The minimum atomic E-state index is -0.946. The molecule has 0 amide bonds. The van der Waals surface area contributed by atoms with Crippen LogP contribution in [0.4, 0.5) is 0 Å². The van der Waals surface area contributed by atoms with E-state index in [1.807, 2.05) is 12.1 Å². The second kappa shape index (κ2) is 5.98. The van der Waals surface area contributed by atoms with Crippen molar-refractivity contribution in [2.45, 2.75) is 61.6 Å². The van der Waals surface area contributed by atoms with Crippen LogP contribution < -0.4 is 5.73 Å². The lowest BCUT2D eigenvalue weighted by Gasteiger charge is -2.27. The Kier molecular flexibility index (Phi) is 4.57. The number of hydrogen-bond donors (Lipinski definition) is 1. The Morgan fingerprint density at radius 1 is 1.17 bits per heavy atom. The van der Waals surface area contributed by atoms with Gasteiger partial charge in [0.1, 0.15) is 0 Å². The number of hydrogen-bond acceptors (Lipinski definition) is 2. The van der Waals surface area contributed by atoms with Crippen molar-refractivity contribution in [2.75, 3.05) is 0 Å². The maximum atomic E-state index is 12.5. The molecule has 3 atom stereocenters. The molecule has 1 saturated carbocycles. The predicted octanol–water partition coefficient (Wildman–Crippen LogP) is 3.19. The zero-order chi connectivity index (χ0) is 13.1. The van der Waals surface area contributed by atoms with Gasteiger partial charge in [-0.1, -0.05) is 38.8 Å². The van der Waals surface area contributed by atoms with E-state index >= 15 is 0 Å². The van der Waals surface area contributed by atoms with Crippen LogP contribution in [0.2, 0.25) is 0 Å². The molecular weight excluding hydrogens is 242 g/mol. The Hall–Kier alpha value is -0.670. The molecule has 18 heavy (non-hydrogen) atoms. The monoisotopic (exact) mass is 265 g/mol. The average Bonchev–Trinajstić information content (AvgIpc) is 2.38. The maximum Gasteiger partial charge on any atom is 0.0576 e. The van der Waals surface area contributed by atoms with Crippen molar-refractivity contribution in [3.05, 3.63) is 29.8 Å². The topological polar surface area (TPSA) is 43.1 Å². The summed E-state index contributed by atoms with van der Waals surface area (Å²) < 4.78 is 12.5. The van der Waals surface area contributed by atoms with Gasteiger partial charge in [-0.25, -0.2) is 0 Å². The molecule has 1 aromatic rings. The molecule has 3 heteroatoms. The highest BCUT2D eigenvalue weighted by atomic mass is 32.2. The van der Waals surface area contributed by atoms with E-state index in [0.29, 0.717) is 5.92 Å². The highest BCUT2D eigenvalue weighted by molar-refractivity contribution is 7.85. The fourth-order valence-corrected chi connectivity index (χ4v) is 4.14. The zero-order valence-electron chi connectivity index (χ0n) is 11.3. The molecule has 0 radical (unpaired) electrons. The van der Waals surface area contributed by atoms with Gasteiger partial charge in [0.25, 0.3) is 0 Å². The highest BCUT2D eigenvalue weighted by Crippen LogP contribution is 2.26. The van der Waals surface area contributed by atoms with E-state index in [1.54, 1.807) is 0 Å². The summed E-state index contributed by atoms with van der Waals surface area (Å²) >= 11 is 0. The third-order valence-corrected chi connectivity index (χ3v) is 5.68. The normalized spacial score (nSPS) is 26.2. The lowest BCUT2D eigenvalue weighted by atomic mass is 9.96. The highest BCUT2D eigenvalue weighted by Gasteiger charge is 2.27. The zero-order valence-corrected chi connectivity index (χ0v) is 12.1. The Morgan fingerprint density at radius 2 is 1.78 bits per heavy atom. The summed E-state index contributed by atoms with van der Waals surface area (Å²) in [5, 5.41) is 0.142. The summed E-state index contributed by atoms with van der Waals surface area (Å²) in [6.45, 7) is 4.34. The molecule has 1 aliphatic rings. The Morgan fingerprint density at radius 3 is 2.33 bits per heavy atom. The van der Waals surface area contributed by atoms with E-state index in [-0.39, 0.29) is 11.3 Å². The largest absolute Gasteiger partial charge is 0.327 e. The van der Waals surface area contributed by atoms with E-state index in [9.17, 15) is 4.21 Å². The lowest BCUT2D eigenvalue weighted by molar-refractivity contribution is 0.445. The minimum Gasteiger partial charge on any atom is -0.327 e. The van der Waals surface area contributed by atoms with Gasteiger partial charge in [-0.15, -0.1) is 0 Å². The molecule has 0 aromatic heterocycles. The van der Waals surface area contributed by atoms with Crippen molar-refractivity contribution in [1.29, 1.82) is 0 Å². The van der Waals surface area contributed by atoms with E-state index in [4.69, 9.17) is 5.73 Å². The van der Waals surface area contributed by atoms with Crippen LogP contribution in [0.3, 0.4) is 0 Å². The van der Waals surface area contributed by atoms with Crippen molar-refractivity contribution in [3.8, 4) is 0 Å². The molecule has 100 valence electrons. The molecule has 0 aliphatic heterocycles. The summed E-state index contributed by atoms with van der Waals surface area (Å²) in [5.41, 5.74) is 7.40. The lowest BCUT2D eigenvalue weighted by Crippen LogP contribution is -2.40. The third-order valence-electron chi connectivity index (χ3n) is 3.81. The van der Waals surface area contributed by atoms with Gasteiger partial charge >= 0.3 is 0 Å². The van der Waals surface area contributed by atoms with Crippen molar-refractivity contribution < 1.29 is 4.21 Å². The molecular formula is C15H23NOS. The Labute approximate surface area is 112 Å². The molecule has 2 N–H and O–H groups in total. The van der Waals surface area contributed by atoms with Crippen LogP contribution in [0.1, 0.15) is 51.0 Å². The molecule has 1 aromatic carbocycles. The van der Waals surface area contributed by atoms with E-state index in [1.165, 1.54) is 12.0 Å². The minimum absolute atomic E-state index is 0.101. The predicted molar refractivity (Wildman–Crippen MR) is 77.2 cm³/mol. The second-order valence-electron chi connectivity index (χ2n) is 5.51. The first-order chi connectivity index (χ1) is 8.59. The van der Waals surface area contributed by atoms with Crippen LogP contribution >= 0.6 is 0 Å². The average molecular weight is 265 g/mol. The maximum absolute atomic E-state index is 12.5. The van der Waals surface area contributed by atoms with Crippen LogP contribution in [0, 0.1) is 0 Å². The van der Waals surface area contributed by atoms with E-state index in [0.717, 1.165) is 24.2 Å². The van der Waals surface area contributed by atoms with Crippen LogP contribution in [-0.2, 0) is 10.8 Å². The van der Waals surface area contributed by atoms with Crippen LogP contribution in [0.15, 0.2) is 29.2 Å². The van der Waals surface area contributed by atoms with E-state index in [2.05, 4.69) is 26.0 Å². The van der Waals surface area contributed by atoms with Gasteiger partial charge in [0.15, 0.2) is 0 Å². The summed E-state index contributed by atoms with van der Waals surface area (Å²) in [4.78, 5) is 0.932. The van der Waals surface area contributed by atoms with Gasteiger partial charge < -0.3 is 5.73 Å². The van der Waals surface area contributed by atoms with Gasteiger partial charge in [-0.3, -0.25) is 4.21 Å². The molecule has 0 bridgehead atoms. The first-order valence-corrected chi connectivity index (χ1v) is 8.07. The number of nitrogens with two attached hydrogens (primary N) is 1. The molecule has 0 spiro atoms. The molecule has 1 aliphatic carbocycles. The van der Waals surface area contributed by atoms with Gasteiger partial charge in [-0.05, 0) is 36.5 Å². The van der Waals surface area contributed by atoms with Crippen molar-refractivity contribution in [2.24, 2.45) is 5.73 Å². The van der Waals surface area contributed by atoms with Crippen LogP contribution in [-0.4, -0.2) is 15.5 Å². The van der Waals surface area contributed by atoms with Gasteiger partial charge in [0.2, 0.25) is 0 Å². The fourth-order valence-electron chi connectivity index (χ4n) is 2.55. The van der Waals surface area contributed by atoms with Crippen LogP contribution in [0.5, 0.6) is 0 Å². The quantitative estimate of drug-likeness (QED) is 0.912. The third kappa shape index (κ3) is 3.01. The summed E-state index contributed by atoms with van der Waals surface area (Å²) in [6.07, 6.45) is 4.36. The fraction of sp³-hybridized carbons (Fsp3) is 0.600. The molecule has 3 unspecified atom stereocenters. The summed E-state index contributed by atoms with van der Waals surface area (Å²) in [5.74, 6) is 0.518. The molecule has 1 fully saturated rings. The second-order valence-corrected chi connectivity index (χ2v) is 7.18. The van der Waals surface area contributed by atoms with Gasteiger partial charge in [0.05, 0.1) is 16.0 Å². The Bertz CT molecular complexity index is 413. The SMILES string of the molecule is CC(C)c1ccc(S(=O)C2CCCCC2N)cc1. The standard InChI is InChI=1S/C15H23NOS/c1-11(2)12-7-9-13(10-8-12)18(17)15-6-4-3-5-14(15)16/h7-11,14-15H,3-6,16H2,1-2H3. The van der Waals surface area contributed by atoms with E-state index < -0.39 is 10.8 Å². The van der Waals surface area contributed by atoms with Crippen molar-refractivity contribution >= 4 is 10.8 Å². The van der Waals surface area contributed by atoms with Crippen molar-refractivity contribution in [1.82, 2.24) is 0 Å². The van der Waals surface area contributed by atoms with Crippen LogP contribution in [0.25, 0.3) is 0 Å². The molecule has 2 nitrogen and oxygen atoms in total. The molecule has 0 heterocycles. The van der Waals surface area contributed by atoms with Gasteiger partial charge in [0, 0.05) is 10.9 Å². The first kappa shape index (κ1) is 13.8. The molecule has 0 saturated heterocycles. The summed E-state index contributed by atoms with van der Waals surface area (Å²) in [7, 11) is -0.946. The number of benzene rings is 1. The smallest absolute Gasteiger partial charge is 0.0576 e. The first-order valence-electron chi connectivity index (χ1n) is 6.85. The van der Waals surface area contributed by atoms with Crippen molar-refractivity contribution in [3.63, 3.8) is 0 Å². The molecule has 2 rings (SSSR count). The Balaban J connectivity index is 2.13.